The number of alkyl halides is 1. The molecular formula is C48H53BrCl4N2O4. The fraction of sp³-hybridized carbons (Fsp3) is 0.417. The van der Waals surface area contributed by atoms with Gasteiger partial charge in [-0.3, -0.25) is 14.4 Å². The standard InChI is InChI=1S/C12H12BrClO.2C12H14ClNO.C12H13ClO/c13-12(7-3-4-8-12)11(15)9-5-1-2-6-10(9)14;13-10-6-2-1-5-9(10)11(14)12(15)7-3-4-8-12;13-10-6-2-1-5-9(10)12(14)8-4-3-7-11(12)15;13-11-8-4-3-7-10(11)12(14)9-5-1-2-6-9/h1-2,5-6H,3-4,7-8H2;1-2,5-6,14-15H,3-4,7-8H2;1-2,5-6H,3-4,7-8,14H2;3-4,7-9H,1-2,5-6H2. The quantitative estimate of drug-likeness (QED) is 0.0968. The number of ketones is 3. The molecule has 4 aromatic carbocycles. The molecule has 4 saturated carbocycles. The van der Waals surface area contributed by atoms with Gasteiger partial charge in [0.05, 0.1) is 20.1 Å². The van der Waals surface area contributed by atoms with Crippen molar-refractivity contribution < 1.29 is 19.5 Å². The number of nitrogens with two attached hydrogens (primary N) is 1. The molecule has 4 aliphatic rings. The lowest BCUT2D eigenvalue weighted by Crippen LogP contribution is -2.47. The third-order valence-electron chi connectivity index (χ3n) is 11.9. The molecule has 4 aromatic rings. The third kappa shape index (κ3) is 11.9. The van der Waals surface area contributed by atoms with E-state index in [0.717, 1.165) is 69.8 Å². The first kappa shape index (κ1) is 47.2. The summed E-state index contributed by atoms with van der Waals surface area (Å²) >= 11 is 27.7. The summed E-state index contributed by atoms with van der Waals surface area (Å²) < 4.78 is -0.363. The highest BCUT2D eigenvalue weighted by Crippen LogP contribution is 2.41. The number of carbonyl (C=O) groups is 3. The van der Waals surface area contributed by atoms with Crippen LogP contribution in [0.15, 0.2) is 97.1 Å². The molecule has 0 amide bonds. The Morgan fingerprint density at radius 3 is 1.56 bits per heavy atom. The summed E-state index contributed by atoms with van der Waals surface area (Å²) in [6.45, 7) is 0. The molecule has 0 radical (unpaired) electrons. The molecule has 0 bridgehead atoms. The second-order valence-electron chi connectivity index (χ2n) is 16.0. The molecule has 4 N–H and O–H groups in total. The van der Waals surface area contributed by atoms with Crippen LogP contribution in [0.4, 0.5) is 0 Å². The molecule has 1 unspecified atom stereocenters. The van der Waals surface area contributed by atoms with Crippen molar-refractivity contribution in [3.63, 3.8) is 0 Å². The zero-order chi connectivity index (χ0) is 42.6. The second kappa shape index (κ2) is 21.8. The molecule has 6 nitrogen and oxygen atoms in total. The van der Waals surface area contributed by atoms with Crippen LogP contribution in [0.2, 0.25) is 20.1 Å². The Kier molecular flexibility index (Phi) is 17.4. The van der Waals surface area contributed by atoms with E-state index in [9.17, 15) is 19.5 Å². The SMILES string of the molecule is N=C(c1ccccc1Cl)C1(O)CCCC1.NC1(c2ccccc2Cl)CCCCC1=O.O=C(c1ccccc1Cl)C1(Br)CCCC1.O=C(c1ccccc1Cl)C1CCCC1. The van der Waals surface area contributed by atoms with Gasteiger partial charge in [-0.25, -0.2) is 0 Å². The summed E-state index contributed by atoms with van der Waals surface area (Å²) in [5.41, 5.74) is 7.42. The Morgan fingerprint density at radius 2 is 1.05 bits per heavy atom. The van der Waals surface area contributed by atoms with Crippen molar-refractivity contribution in [3.8, 4) is 0 Å². The number of carbonyl (C=O) groups excluding carboxylic acids is 3. The molecule has 0 spiro atoms. The predicted octanol–water partition coefficient (Wildman–Crippen LogP) is 13.6. The zero-order valence-electron chi connectivity index (χ0n) is 33.3. The minimum atomic E-state index is -0.953. The van der Waals surface area contributed by atoms with Gasteiger partial charge in [-0.2, -0.15) is 0 Å². The molecule has 59 heavy (non-hydrogen) atoms. The van der Waals surface area contributed by atoms with E-state index >= 15 is 0 Å². The maximum atomic E-state index is 12.3. The van der Waals surface area contributed by atoms with Gasteiger partial charge in [-0.15, -0.1) is 0 Å². The molecule has 8 rings (SSSR count). The minimum Gasteiger partial charge on any atom is -0.384 e. The van der Waals surface area contributed by atoms with Gasteiger partial charge in [0.25, 0.3) is 0 Å². The van der Waals surface area contributed by atoms with Gasteiger partial charge in [-0.1, -0.05) is 168 Å². The topological polar surface area (TPSA) is 121 Å². The van der Waals surface area contributed by atoms with Crippen LogP contribution in [0.5, 0.6) is 0 Å². The highest BCUT2D eigenvalue weighted by atomic mass is 79.9. The van der Waals surface area contributed by atoms with Crippen LogP contribution in [0.3, 0.4) is 0 Å². The normalized spacial score (nSPS) is 20.6. The van der Waals surface area contributed by atoms with Crippen LogP contribution in [-0.2, 0) is 10.3 Å². The molecule has 0 aliphatic heterocycles. The van der Waals surface area contributed by atoms with Crippen LogP contribution in [0.25, 0.3) is 0 Å². The Balaban J connectivity index is 0.000000150. The monoisotopic (exact) mass is 940 g/mol. The zero-order valence-corrected chi connectivity index (χ0v) is 37.9. The number of halogens is 5. The lowest BCUT2D eigenvalue weighted by atomic mass is 9.76. The van der Waals surface area contributed by atoms with Crippen LogP contribution < -0.4 is 5.73 Å². The number of Topliss-reactive ketones (excluding diaryl/α,β-unsaturated/α-hetero) is 3. The first-order chi connectivity index (χ1) is 28.2. The maximum absolute atomic E-state index is 12.3. The van der Waals surface area contributed by atoms with Crippen molar-refractivity contribution in [2.24, 2.45) is 11.7 Å². The summed E-state index contributed by atoms with van der Waals surface area (Å²) in [7, 11) is 0. The largest absolute Gasteiger partial charge is 0.384 e. The van der Waals surface area contributed by atoms with E-state index in [0.29, 0.717) is 62.5 Å². The Bertz CT molecular complexity index is 2020. The van der Waals surface area contributed by atoms with Gasteiger partial charge in [0.1, 0.15) is 11.1 Å². The van der Waals surface area contributed by atoms with Crippen molar-refractivity contribution in [3.05, 3.63) is 139 Å². The van der Waals surface area contributed by atoms with E-state index in [1.54, 1.807) is 36.4 Å². The molecule has 4 aliphatic carbocycles. The Hall–Kier alpha value is -2.88. The Morgan fingerprint density at radius 1 is 0.610 bits per heavy atom. The van der Waals surface area contributed by atoms with Crippen LogP contribution in [0.1, 0.15) is 135 Å². The van der Waals surface area contributed by atoms with E-state index in [2.05, 4.69) is 15.9 Å². The lowest BCUT2D eigenvalue weighted by molar-refractivity contribution is -0.126. The van der Waals surface area contributed by atoms with Crippen molar-refractivity contribution in [2.45, 2.75) is 118 Å². The van der Waals surface area contributed by atoms with E-state index in [4.69, 9.17) is 57.5 Å². The van der Waals surface area contributed by atoms with Gasteiger partial charge < -0.3 is 16.2 Å². The maximum Gasteiger partial charge on any atom is 0.181 e. The van der Waals surface area contributed by atoms with Gasteiger partial charge in [0, 0.05) is 39.1 Å². The highest BCUT2D eigenvalue weighted by Gasteiger charge is 2.40. The molecule has 1 atom stereocenters. The van der Waals surface area contributed by atoms with Gasteiger partial charge in [0.15, 0.2) is 17.3 Å². The van der Waals surface area contributed by atoms with Crippen LogP contribution in [-0.4, -0.2) is 38.1 Å². The summed E-state index contributed by atoms with van der Waals surface area (Å²) in [5, 5.41) is 20.6. The van der Waals surface area contributed by atoms with Crippen molar-refractivity contribution in [1.82, 2.24) is 0 Å². The number of aliphatic hydroxyl groups is 1. The Labute approximate surface area is 377 Å². The summed E-state index contributed by atoms with van der Waals surface area (Å²) in [4.78, 5) is 36.1. The summed E-state index contributed by atoms with van der Waals surface area (Å²) in [5.74, 6) is 0.690. The fourth-order valence-electron chi connectivity index (χ4n) is 8.40. The molecule has 0 aromatic heterocycles. The molecule has 11 heteroatoms. The second-order valence-corrected chi connectivity index (χ2v) is 19.1. The van der Waals surface area contributed by atoms with E-state index in [1.165, 1.54) is 12.8 Å². The third-order valence-corrected chi connectivity index (χ3v) is 14.4. The number of nitrogens with one attached hydrogen (secondary N) is 1. The molecule has 314 valence electrons. The average Bonchev–Trinajstić information content (AvgIpc) is 4.04. The first-order valence-corrected chi connectivity index (χ1v) is 22.9. The fourth-order valence-corrected chi connectivity index (χ4v) is 10.2. The van der Waals surface area contributed by atoms with Gasteiger partial charge >= 0.3 is 0 Å². The van der Waals surface area contributed by atoms with Gasteiger partial charge in [-0.05, 0) is 93.3 Å². The van der Waals surface area contributed by atoms with Crippen molar-refractivity contribution in [1.29, 1.82) is 5.41 Å². The van der Waals surface area contributed by atoms with E-state index in [-0.39, 0.29) is 33.3 Å². The lowest BCUT2D eigenvalue weighted by Gasteiger charge is -2.32. The first-order valence-electron chi connectivity index (χ1n) is 20.6. The van der Waals surface area contributed by atoms with Crippen LogP contribution in [0, 0.1) is 11.3 Å². The highest BCUT2D eigenvalue weighted by molar-refractivity contribution is 9.10. The van der Waals surface area contributed by atoms with E-state index < -0.39 is 11.1 Å². The van der Waals surface area contributed by atoms with Crippen LogP contribution >= 0.6 is 62.3 Å². The van der Waals surface area contributed by atoms with E-state index in [1.807, 2.05) is 60.7 Å². The molecule has 0 heterocycles. The van der Waals surface area contributed by atoms with Crippen molar-refractivity contribution in [2.75, 3.05) is 0 Å². The minimum absolute atomic E-state index is 0.113. The number of hydrogen-bond acceptors (Lipinski definition) is 6. The average molecular weight is 944 g/mol. The smallest absolute Gasteiger partial charge is 0.181 e. The van der Waals surface area contributed by atoms with Gasteiger partial charge in [0.2, 0.25) is 0 Å². The summed E-state index contributed by atoms with van der Waals surface area (Å²) in [6, 6.07) is 29.2. The van der Waals surface area contributed by atoms with Crippen molar-refractivity contribution >= 4 is 85.4 Å². The predicted molar refractivity (Wildman–Crippen MR) is 246 cm³/mol. The number of rotatable bonds is 7. The molecule has 0 saturated heterocycles. The molecule has 4 fully saturated rings. The summed E-state index contributed by atoms with van der Waals surface area (Å²) in [6.07, 6.45) is 15.0. The number of benzene rings is 4. The number of hydrogen-bond donors (Lipinski definition) is 3. The molecular weight excluding hydrogens is 890 g/mol.